The number of benzene rings is 1. The van der Waals surface area contributed by atoms with E-state index in [4.69, 9.17) is 9.72 Å². The number of aromatic nitrogens is 3. The van der Waals surface area contributed by atoms with E-state index in [1.165, 1.54) is 12.1 Å². The van der Waals surface area contributed by atoms with Gasteiger partial charge in [0.1, 0.15) is 17.4 Å². The van der Waals surface area contributed by atoms with E-state index in [1.54, 1.807) is 40.2 Å². The van der Waals surface area contributed by atoms with Crippen molar-refractivity contribution in [3.05, 3.63) is 58.0 Å². The lowest BCUT2D eigenvalue weighted by Gasteiger charge is -2.32. The molecule has 2 aromatic heterocycles. The topological polar surface area (TPSA) is 210 Å². The summed E-state index contributed by atoms with van der Waals surface area (Å²) in [7, 11) is -3.38. The Balaban J connectivity index is 0.789. The highest BCUT2D eigenvalue weighted by molar-refractivity contribution is 7.89. The number of anilines is 1. The van der Waals surface area contributed by atoms with Crippen molar-refractivity contribution in [1.29, 1.82) is 0 Å². The number of carbonyl (C=O) groups excluding carboxylic acids is 4. The van der Waals surface area contributed by atoms with E-state index in [1.807, 2.05) is 0 Å². The maximum Gasteiger partial charge on any atom is 0.266 e. The molecule has 3 aliphatic heterocycles. The first-order chi connectivity index (χ1) is 27.3. The van der Waals surface area contributed by atoms with E-state index in [-0.39, 0.29) is 47.4 Å². The summed E-state index contributed by atoms with van der Waals surface area (Å²) >= 11 is 0. The normalized spacial score (nSPS) is 23.3. The van der Waals surface area contributed by atoms with Crippen molar-refractivity contribution in [3.8, 4) is 5.75 Å². The van der Waals surface area contributed by atoms with Crippen LogP contribution in [0.4, 0.5) is 5.95 Å². The smallest absolute Gasteiger partial charge is 0.266 e. The quantitative estimate of drug-likeness (QED) is 0.140. The first-order valence-corrected chi connectivity index (χ1v) is 21.8. The molecule has 3 aromatic rings. The van der Waals surface area contributed by atoms with E-state index in [0.717, 1.165) is 49.8 Å². The van der Waals surface area contributed by atoms with Crippen LogP contribution in [0.1, 0.15) is 124 Å². The number of rotatable bonds is 16. The molecule has 3 atom stereocenters. The SMILES string of the molecule is C[C@@]1(O)CCC[C@H]1n1c(=O)ccc2cnc(NC3CCN(S(=O)(=O)CCCCCCCCCOc4cccc5c4C(=O)N(C4CCC(=O)NC4=O)C5=O)CC3)nc21. The second-order valence-electron chi connectivity index (χ2n) is 15.9. The molecule has 3 fully saturated rings. The second kappa shape index (κ2) is 17.0. The molecular weight excluding hydrogens is 755 g/mol. The van der Waals surface area contributed by atoms with Gasteiger partial charge in [-0.05, 0) is 76.5 Å². The fourth-order valence-electron chi connectivity index (χ4n) is 8.59. The van der Waals surface area contributed by atoms with Gasteiger partial charge in [0.2, 0.25) is 27.8 Å². The highest BCUT2D eigenvalue weighted by Crippen LogP contribution is 2.39. The van der Waals surface area contributed by atoms with Crippen LogP contribution in [0.5, 0.6) is 5.75 Å². The lowest BCUT2D eigenvalue weighted by molar-refractivity contribution is -0.136. The van der Waals surface area contributed by atoms with Gasteiger partial charge < -0.3 is 15.2 Å². The molecule has 4 aliphatic rings. The Bertz CT molecular complexity index is 2200. The zero-order chi connectivity index (χ0) is 40.3. The summed E-state index contributed by atoms with van der Waals surface area (Å²) in [5.41, 5.74) is -0.404. The summed E-state index contributed by atoms with van der Waals surface area (Å²) in [6.45, 7) is 2.92. The van der Waals surface area contributed by atoms with E-state index in [9.17, 15) is 37.5 Å². The van der Waals surface area contributed by atoms with Gasteiger partial charge in [-0.25, -0.2) is 17.7 Å². The lowest BCUT2D eigenvalue weighted by Crippen LogP contribution is -2.54. The molecule has 4 amide bonds. The van der Waals surface area contributed by atoms with Gasteiger partial charge in [-0.15, -0.1) is 0 Å². The van der Waals surface area contributed by atoms with Crippen LogP contribution >= 0.6 is 0 Å². The number of aliphatic hydroxyl groups is 1. The van der Waals surface area contributed by atoms with Crippen molar-refractivity contribution >= 4 is 50.6 Å². The Morgan fingerprint density at radius 1 is 0.930 bits per heavy atom. The molecule has 57 heavy (non-hydrogen) atoms. The van der Waals surface area contributed by atoms with Crippen LogP contribution < -0.4 is 20.9 Å². The number of sulfonamides is 1. The second-order valence-corrected chi connectivity index (χ2v) is 18.0. The molecule has 1 unspecified atom stereocenters. The predicted octanol–water partition coefficient (Wildman–Crippen LogP) is 3.68. The largest absolute Gasteiger partial charge is 0.493 e. The number of unbranched alkanes of at least 4 members (excludes halogenated alkanes) is 6. The Hall–Kier alpha value is -4.74. The number of pyridine rings is 1. The molecular formula is C40H51N7O9S. The number of nitrogens with zero attached hydrogens (tertiary/aromatic N) is 5. The molecule has 1 aliphatic carbocycles. The number of hydrogen-bond acceptors (Lipinski definition) is 12. The van der Waals surface area contributed by atoms with Crippen LogP contribution in [0, 0.1) is 0 Å². The third-order valence-electron chi connectivity index (χ3n) is 11.8. The molecule has 16 nitrogen and oxygen atoms in total. The van der Waals surface area contributed by atoms with Crippen LogP contribution in [0.25, 0.3) is 11.0 Å². The molecule has 0 spiro atoms. The van der Waals surface area contributed by atoms with Gasteiger partial charge in [0.15, 0.2) is 0 Å². The summed E-state index contributed by atoms with van der Waals surface area (Å²) in [6.07, 6.45) is 11.0. The van der Waals surface area contributed by atoms with Crippen molar-refractivity contribution in [1.82, 2.24) is 29.1 Å². The van der Waals surface area contributed by atoms with Crippen molar-refractivity contribution in [3.63, 3.8) is 0 Å². The highest BCUT2D eigenvalue weighted by atomic mass is 32.2. The Morgan fingerprint density at radius 3 is 2.39 bits per heavy atom. The first kappa shape index (κ1) is 40.5. The van der Waals surface area contributed by atoms with Gasteiger partial charge in [-0.3, -0.25) is 38.8 Å². The molecule has 3 N–H and O–H groups in total. The molecule has 7 rings (SSSR count). The van der Waals surface area contributed by atoms with Gasteiger partial charge in [0.25, 0.3) is 17.4 Å². The number of hydrogen-bond donors (Lipinski definition) is 3. The molecule has 0 radical (unpaired) electrons. The van der Waals surface area contributed by atoms with Crippen molar-refractivity contribution in [2.24, 2.45) is 0 Å². The summed E-state index contributed by atoms with van der Waals surface area (Å²) in [5, 5.41) is 17.2. The van der Waals surface area contributed by atoms with E-state index in [0.29, 0.717) is 74.5 Å². The van der Waals surface area contributed by atoms with Crippen molar-refractivity contribution in [2.75, 3.05) is 30.8 Å². The summed E-state index contributed by atoms with van der Waals surface area (Å²) in [4.78, 5) is 73.2. The number of amides is 4. The molecule has 17 heteroatoms. The van der Waals surface area contributed by atoms with E-state index < -0.39 is 45.3 Å². The Morgan fingerprint density at radius 2 is 1.67 bits per heavy atom. The number of imide groups is 2. The summed E-state index contributed by atoms with van der Waals surface area (Å²) in [5.74, 6) is -1.46. The van der Waals surface area contributed by atoms with Crippen LogP contribution in [0.15, 0.2) is 41.3 Å². The Labute approximate surface area is 331 Å². The van der Waals surface area contributed by atoms with Crippen LogP contribution in [-0.2, 0) is 19.6 Å². The number of carbonyl (C=O) groups is 4. The molecule has 5 heterocycles. The van der Waals surface area contributed by atoms with E-state index in [2.05, 4.69) is 15.6 Å². The molecule has 1 saturated carbocycles. The molecule has 306 valence electrons. The number of ether oxygens (including phenoxy) is 1. The van der Waals surface area contributed by atoms with Crippen molar-refractivity contribution < 1.29 is 37.4 Å². The van der Waals surface area contributed by atoms with Gasteiger partial charge in [0.05, 0.1) is 35.1 Å². The first-order valence-electron chi connectivity index (χ1n) is 20.2. The van der Waals surface area contributed by atoms with E-state index >= 15 is 0 Å². The Kier molecular flexibility index (Phi) is 12.1. The van der Waals surface area contributed by atoms with Crippen LogP contribution in [-0.4, -0.2) is 104 Å². The monoisotopic (exact) mass is 805 g/mol. The minimum absolute atomic E-state index is 0.0201. The minimum atomic E-state index is -3.38. The maximum atomic E-state index is 13.2. The lowest BCUT2D eigenvalue weighted by atomic mass is 10.00. The standard InChI is InChI=1S/C40H51N7O9S/c1-40(53)20-10-13-31(40)47-33(49)17-14-26-25-41-39(44-35(26)47)42-27-18-21-45(22-19-27)57(54,55)24-8-6-4-2-3-5-7-23-56-30-12-9-11-28-34(30)38(52)46(37(28)51)29-15-16-32(48)43-36(29)50/h9,11-12,14,17,25,27,29,31,53H,2-8,10,13,15-16,18-24H2,1H3,(H,41,42,44)(H,43,48,50)/t29?,31-,40-/m1/s1. The average molecular weight is 806 g/mol. The number of piperidine rings is 2. The zero-order valence-electron chi connectivity index (χ0n) is 32.3. The minimum Gasteiger partial charge on any atom is -0.493 e. The summed E-state index contributed by atoms with van der Waals surface area (Å²) < 4.78 is 35.4. The van der Waals surface area contributed by atoms with Gasteiger partial charge in [-0.2, -0.15) is 4.98 Å². The zero-order valence-corrected chi connectivity index (χ0v) is 33.1. The fourth-order valence-corrected chi connectivity index (χ4v) is 10.2. The van der Waals surface area contributed by atoms with Crippen LogP contribution in [0.3, 0.4) is 0 Å². The summed E-state index contributed by atoms with van der Waals surface area (Å²) in [6, 6.07) is 6.57. The highest BCUT2D eigenvalue weighted by Gasteiger charge is 2.46. The predicted molar refractivity (Wildman–Crippen MR) is 210 cm³/mol. The molecule has 0 bridgehead atoms. The fraction of sp³-hybridized carbons (Fsp3) is 0.575. The van der Waals surface area contributed by atoms with Crippen molar-refractivity contribution in [2.45, 2.75) is 121 Å². The van der Waals surface area contributed by atoms with Crippen LogP contribution in [0.2, 0.25) is 0 Å². The van der Waals surface area contributed by atoms with Gasteiger partial charge in [-0.1, -0.05) is 38.2 Å². The number of fused-ring (bicyclic) bond motifs is 2. The number of nitrogens with one attached hydrogen (secondary N) is 2. The third kappa shape index (κ3) is 8.75. The maximum absolute atomic E-state index is 13.2. The molecule has 2 saturated heterocycles. The molecule has 1 aromatic carbocycles. The van der Waals surface area contributed by atoms with Gasteiger partial charge >= 0.3 is 0 Å². The van der Waals surface area contributed by atoms with Gasteiger partial charge in [0, 0.05) is 43.2 Å². The third-order valence-corrected chi connectivity index (χ3v) is 13.7. The average Bonchev–Trinajstić information content (AvgIpc) is 3.66.